The van der Waals surface area contributed by atoms with Crippen molar-refractivity contribution in [2.45, 2.75) is 26.8 Å². The van der Waals surface area contributed by atoms with Crippen molar-refractivity contribution < 1.29 is 9.53 Å². The minimum Gasteiger partial charge on any atom is -0.497 e. The molecule has 0 heterocycles. The summed E-state index contributed by atoms with van der Waals surface area (Å²) < 4.78 is 5.19. The molecule has 2 rings (SSSR count). The number of carbonyl (C=O) groups is 1. The Bertz CT molecular complexity index is 593. The molecule has 0 saturated heterocycles. The molecule has 0 radical (unpaired) electrons. The van der Waals surface area contributed by atoms with Crippen molar-refractivity contribution in [3.8, 4) is 5.75 Å². The van der Waals surface area contributed by atoms with Gasteiger partial charge in [-0.15, -0.1) is 0 Å². The molecule has 2 aromatic carbocycles. The molecule has 0 aliphatic carbocycles. The van der Waals surface area contributed by atoms with E-state index in [1.54, 1.807) is 7.11 Å². The molecule has 0 N–H and O–H groups in total. The van der Waals surface area contributed by atoms with E-state index in [4.69, 9.17) is 4.74 Å². The van der Waals surface area contributed by atoms with Crippen molar-refractivity contribution >= 4 is 11.6 Å². The van der Waals surface area contributed by atoms with E-state index in [0.717, 1.165) is 23.4 Å². The molecule has 22 heavy (non-hydrogen) atoms. The summed E-state index contributed by atoms with van der Waals surface area (Å²) in [6.07, 6.45) is 0.834. The number of carbonyl (C=O) groups excluding carboxylic acids is 1. The van der Waals surface area contributed by atoms with E-state index in [0.29, 0.717) is 6.54 Å². The highest BCUT2D eigenvalue weighted by atomic mass is 16.5. The zero-order valence-corrected chi connectivity index (χ0v) is 13.5. The number of hydrogen-bond donors (Lipinski definition) is 0. The van der Waals surface area contributed by atoms with Gasteiger partial charge in [-0.1, -0.05) is 44.2 Å². The first-order chi connectivity index (χ1) is 10.7. The van der Waals surface area contributed by atoms with Crippen LogP contribution in [0.5, 0.6) is 5.75 Å². The molecule has 116 valence electrons. The van der Waals surface area contributed by atoms with Crippen molar-refractivity contribution in [3.05, 3.63) is 60.2 Å². The van der Waals surface area contributed by atoms with Gasteiger partial charge in [-0.2, -0.15) is 0 Å². The van der Waals surface area contributed by atoms with Crippen molar-refractivity contribution in [3.63, 3.8) is 0 Å². The van der Waals surface area contributed by atoms with Gasteiger partial charge in [-0.3, -0.25) is 4.79 Å². The highest BCUT2D eigenvalue weighted by Crippen LogP contribution is 2.23. The second kappa shape index (κ2) is 7.64. The zero-order valence-electron chi connectivity index (χ0n) is 13.5. The van der Waals surface area contributed by atoms with Crippen LogP contribution in [0, 0.1) is 5.92 Å². The summed E-state index contributed by atoms with van der Waals surface area (Å²) in [5.74, 6) is 0.946. The van der Waals surface area contributed by atoms with Gasteiger partial charge in [-0.25, -0.2) is 0 Å². The third kappa shape index (κ3) is 3.88. The van der Waals surface area contributed by atoms with E-state index in [2.05, 4.69) is 0 Å². The fourth-order valence-electron chi connectivity index (χ4n) is 2.27. The van der Waals surface area contributed by atoms with Crippen LogP contribution in [0.2, 0.25) is 0 Å². The van der Waals surface area contributed by atoms with Crippen LogP contribution in [0.4, 0.5) is 5.69 Å². The Morgan fingerprint density at radius 3 is 2.27 bits per heavy atom. The Labute approximate surface area is 132 Å². The fraction of sp³-hybridized carbons (Fsp3) is 0.316. The van der Waals surface area contributed by atoms with Gasteiger partial charge in [0.1, 0.15) is 5.75 Å². The lowest BCUT2D eigenvalue weighted by atomic mass is 10.1. The summed E-state index contributed by atoms with van der Waals surface area (Å²) in [4.78, 5) is 14.6. The van der Waals surface area contributed by atoms with Crippen LogP contribution < -0.4 is 9.64 Å². The lowest BCUT2D eigenvalue weighted by Crippen LogP contribution is -2.34. The first-order valence-electron chi connectivity index (χ1n) is 7.65. The molecule has 3 heteroatoms. The van der Waals surface area contributed by atoms with Crippen LogP contribution in [0.25, 0.3) is 0 Å². The maximum absolute atomic E-state index is 12.7. The Kier molecular flexibility index (Phi) is 5.59. The first-order valence-corrected chi connectivity index (χ1v) is 7.65. The minimum atomic E-state index is 0.00538. The average Bonchev–Trinajstić information content (AvgIpc) is 2.59. The van der Waals surface area contributed by atoms with Crippen LogP contribution >= 0.6 is 0 Å². The van der Waals surface area contributed by atoms with Crippen LogP contribution in [-0.4, -0.2) is 13.0 Å². The molecule has 1 amide bonds. The predicted molar refractivity (Wildman–Crippen MR) is 90.1 cm³/mol. The third-order valence-corrected chi connectivity index (χ3v) is 3.87. The molecule has 1 unspecified atom stereocenters. The van der Waals surface area contributed by atoms with Crippen molar-refractivity contribution in [1.82, 2.24) is 0 Å². The zero-order chi connectivity index (χ0) is 15.9. The first kappa shape index (κ1) is 16.1. The number of benzene rings is 2. The molecule has 0 aromatic heterocycles. The standard InChI is InChI=1S/C19H23NO2/c1-4-15(2)19(21)20(14-16-8-6-5-7-9-16)17-10-12-18(22-3)13-11-17/h5-13,15H,4,14H2,1-3H3. The Morgan fingerprint density at radius 1 is 1.09 bits per heavy atom. The molecule has 0 bridgehead atoms. The van der Waals surface area contributed by atoms with Gasteiger partial charge < -0.3 is 9.64 Å². The quantitative estimate of drug-likeness (QED) is 0.796. The molecular weight excluding hydrogens is 274 g/mol. The fourth-order valence-corrected chi connectivity index (χ4v) is 2.27. The van der Waals surface area contributed by atoms with Gasteiger partial charge in [-0.05, 0) is 36.2 Å². The number of ether oxygens (including phenoxy) is 1. The van der Waals surface area contributed by atoms with E-state index in [-0.39, 0.29) is 11.8 Å². The van der Waals surface area contributed by atoms with Crippen LogP contribution in [0.15, 0.2) is 54.6 Å². The van der Waals surface area contributed by atoms with Crippen molar-refractivity contribution in [2.75, 3.05) is 12.0 Å². The van der Waals surface area contributed by atoms with Crippen LogP contribution in [-0.2, 0) is 11.3 Å². The molecular formula is C19H23NO2. The summed E-state index contributed by atoms with van der Waals surface area (Å²) in [5, 5.41) is 0. The summed E-state index contributed by atoms with van der Waals surface area (Å²) in [6.45, 7) is 4.59. The van der Waals surface area contributed by atoms with E-state index in [9.17, 15) is 4.79 Å². The van der Waals surface area contributed by atoms with E-state index >= 15 is 0 Å². The lowest BCUT2D eigenvalue weighted by Gasteiger charge is -2.26. The molecule has 0 aliphatic heterocycles. The second-order valence-electron chi connectivity index (χ2n) is 5.42. The van der Waals surface area contributed by atoms with Gasteiger partial charge in [0.25, 0.3) is 0 Å². The Morgan fingerprint density at radius 2 is 1.73 bits per heavy atom. The predicted octanol–water partition coefficient (Wildman–Crippen LogP) is 4.27. The van der Waals surface area contributed by atoms with Gasteiger partial charge in [0.05, 0.1) is 13.7 Å². The highest BCUT2D eigenvalue weighted by Gasteiger charge is 2.21. The topological polar surface area (TPSA) is 29.5 Å². The monoisotopic (exact) mass is 297 g/mol. The van der Waals surface area contributed by atoms with Gasteiger partial charge >= 0.3 is 0 Å². The molecule has 2 aromatic rings. The number of anilines is 1. The summed E-state index contributed by atoms with van der Waals surface area (Å²) in [6, 6.07) is 17.7. The number of methoxy groups -OCH3 is 1. The molecule has 0 aliphatic rings. The van der Waals surface area contributed by atoms with Gasteiger partial charge in [0, 0.05) is 11.6 Å². The molecule has 3 nitrogen and oxygen atoms in total. The molecule has 0 spiro atoms. The van der Waals surface area contributed by atoms with E-state index in [1.165, 1.54) is 0 Å². The Balaban J connectivity index is 2.29. The third-order valence-electron chi connectivity index (χ3n) is 3.87. The van der Waals surface area contributed by atoms with Gasteiger partial charge in [0.15, 0.2) is 0 Å². The van der Waals surface area contributed by atoms with Crippen molar-refractivity contribution in [2.24, 2.45) is 5.92 Å². The lowest BCUT2D eigenvalue weighted by molar-refractivity contribution is -0.122. The van der Waals surface area contributed by atoms with Crippen LogP contribution in [0.1, 0.15) is 25.8 Å². The largest absolute Gasteiger partial charge is 0.497 e. The number of rotatable bonds is 6. The van der Waals surface area contributed by atoms with Gasteiger partial charge in [0.2, 0.25) is 5.91 Å². The highest BCUT2D eigenvalue weighted by molar-refractivity contribution is 5.94. The maximum atomic E-state index is 12.7. The Hall–Kier alpha value is -2.29. The van der Waals surface area contributed by atoms with Crippen LogP contribution in [0.3, 0.4) is 0 Å². The number of hydrogen-bond acceptors (Lipinski definition) is 2. The SMILES string of the molecule is CCC(C)C(=O)N(Cc1ccccc1)c1ccc(OC)cc1. The summed E-state index contributed by atoms with van der Waals surface area (Å²) >= 11 is 0. The number of amides is 1. The normalized spacial score (nSPS) is 11.8. The van der Waals surface area contributed by atoms with E-state index in [1.807, 2.05) is 73.3 Å². The van der Waals surface area contributed by atoms with Crippen molar-refractivity contribution in [1.29, 1.82) is 0 Å². The van der Waals surface area contributed by atoms with E-state index < -0.39 is 0 Å². The smallest absolute Gasteiger partial charge is 0.230 e. The molecule has 0 fully saturated rings. The second-order valence-corrected chi connectivity index (χ2v) is 5.42. The average molecular weight is 297 g/mol. The maximum Gasteiger partial charge on any atom is 0.230 e. The summed E-state index contributed by atoms with van der Waals surface area (Å²) in [5.41, 5.74) is 2.02. The molecule has 0 saturated carbocycles. The number of nitrogens with zero attached hydrogens (tertiary/aromatic N) is 1. The molecule has 1 atom stereocenters. The minimum absolute atomic E-state index is 0.00538. The summed E-state index contributed by atoms with van der Waals surface area (Å²) in [7, 11) is 1.64.